The smallest absolute Gasteiger partial charge is 0.254 e. The molecule has 1 unspecified atom stereocenters. The Morgan fingerprint density at radius 1 is 1.38 bits per heavy atom. The zero-order valence-electron chi connectivity index (χ0n) is 14.5. The Kier molecular flexibility index (Phi) is 4.83. The van der Waals surface area contributed by atoms with Crippen LogP contribution in [0.5, 0.6) is 0 Å². The van der Waals surface area contributed by atoms with Gasteiger partial charge in [0.1, 0.15) is 0 Å². The topological polar surface area (TPSA) is 71.3 Å². The molecule has 128 valence electrons. The number of piperidine rings is 1. The van der Waals surface area contributed by atoms with E-state index in [0.717, 1.165) is 36.2 Å². The maximum absolute atomic E-state index is 12.7. The Morgan fingerprint density at radius 2 is 2.21 bits per heavy atom. The van der Waals surface area contributed by atoms with E-state index in [9.17, 15) is 4.79 Å². The minimum absolute atomic E-state index is 0.129. The minimum Gasteiger partial charge on any atom is -0.376 e. The largest absolute Gasteiger partial charge is 0.376 e. The number of amides is 1. The first-order chi connectivity index (χ1) is 11.5. The van der Waals surface area contributed by atoms with Gasteiger partial charge in [-0.05, 0) is 63.8 Å². The van der Waals surface area contributed by atoms with Crippen LogP contribution in [0, 0.1) is 13.8 Å². The Labute approximate surface area is 142 Å². The monoisotopic (exact) mass is 328 g/mol. The molecule has 1 atom stereocenters. The van der Waals surface area contributed by atoms with E-state index in [2.05, 4.69) is 22.4 Å². The molecule has 24 heavy (non-hydrogen) atoms. The molecule has 0 saturated carbocycles. The lowest BCUT2D eigenvalue weighted by atomic mass is 10.0. The van der Waals surface area contributed by atoms with E-state index in [0.29, 0.717) is 24.3 Å². The summed E-state index contributed by atoms with van der Waals surface area (Å²) >= 11 is 0. The normalized spacial score (nSPS) is 17.8. The molecule has 0 aliphatic carbocycles. The number of anilines is 1. The lowest BCUT2D eigenvalue weighted by molar-refractivity contribution is 0.0635. The van der Waals surface area contributed by atoms with Gasteiger partial charge in [-0.25, -0.2) is 0 Å². The van der Waals surface area contributed by atoms with E-state index in [1.54, 1.807) is 6.92 Å². The molecule has 1 fully saturated rings. The van der Waals surface area contributed by atoms with Crippen molar-refractivity contribution in [1.82, 2.24) is 15.0 Å². The third-order valence-corrected chi connectivity index (χ3v) is 4.54. The molecular weight excluding hydrogens is 304 g/mol. The van der Waals surface area contributed by atoms with Crippen LogP contribution in [0.2, 0.25) is 0 Å². The first kappa shape index (κ1) is 16.5. The van der Waals surface area contributed by atoms with Crippen molar-refractivity contribution in [3.8, 4) is 0 Å². The molecule has 1 aromatic carbocycles. The maximum Gasteiger partial charge on any atom is 0.254 e. The summed E-state index contributed by atoms with van der Waals surface area (Å²) in [7, 11) is 0. The van der Waals surface area contributed by atoms with Gasteiger partial charge in [0.15, 0.2) is 5.82 Å². The summed E-state index contributed by atoms with van der Waals surface area (Å²) in [6.07, 6.45) is 3.40. The first-order valence-electron chi connectivity index (χ1n) is 8.49. The van der Waals surface area contributed by atoms with Gasteiger partial charge in [0, 0.05) is 23.8 Å². The van der Waals surface area contributed by atoms with Gasteiger partial charge in [0.25, 0.3) is 5.91 Å². The molecule has 6 heteroatoms. The molecule has 1 N–H and O–H groups in total. The van der Waals surface area contributed by atoms with Gasteiger partial charge in [-0.1, -0.05) is 5.16 Å². The number of carbonyl (C=O) groups is 1. The Balaban J connectivity index is 1.68. The van der Waals surface area contributed by atoms with Crippen molar-refractivity contribution in [2.24, 2.45) is 0 Å². The Hall–Kier alpha value is -2.37. The summed E-state index contributed by atoms with van der Waals surface area (Å²) in [6.45, 7) is 7.25. The second kappa shape index (κ2) is 7.03. The van der Waals surface area contributed by atoms with E-state index in [-0.39, 0.29) is 5.91 Å². The molecule has 1 amide bonds. The average molecular weight is 328 g/mol. The fourth-order valence-corrected chi connectivity index (χ4v) is 3.14. The summed E-state index contributed by atoms with van der Waals surface area (Å²) in [4.78, 5) is 18.9. The van der Waals surface area contributed by atoms with Crippen molar-refractivity contribution in [1.29, 1.82) is 0 Å². The summed E-state index contributed by atoms with van der Waals surface area (Å²) in [5.41, 5.74) is 2.75. The zero-order valence-corrected chi connectivity index (χ0v) is 14.5. The van der Waals surface area contributed by atoms with Crippen molar-refractivity contribution in [3.63, 3.8) is 0 Å². The summed E-state index contributed by atoms with van der Waals surface area (Å²) in [6, 6.07) is 6.11. The Morgan fingerprint density at radius 3 is 2.88 bits per heavy atom. The number of likely N-dealkylation sites (tertiary alicyclic amines) is 1. The van der Waals surface area contributed by atoms with Crippen LogP contribution in [0.4, 0.5) is 5.69 Å². The molecule has 1 aliphatic heterocycles. The van der Waals surface area contributed by atoms with Gasteiger partial charge in [0.2, 0.25) is 5.89 Å². The highest BCUT2D eigenvalue weighted by molar-refractivity contribution is 5.95. The van der Waals surface area contributed by atoms with Gasteiger partial charge < -0.3 is 14.7 Å². The van der Waals surface area contributed by atoms with Crippen molar-refractivity contribution in [2.45, 2.75) is 52.6 Å². The highest BCUT2D eigenvalue weighted by Gasteiger charge is 2.24. The third kappa shape index (κ3) is 3.58. The number of nitrogens with one attached hydrogen (secondary N) is 1. The number of carbonyl (C=O) groups excluding carboxylic acids is 1. The molecule has 1 aliphatic rings. The van der Waals surface area contributed by atoms with E-state index in [4.69, 9.17) is 4.52 Å². The third-order valence-electron chi connectivity index (χ3n) is 4.54. The molecule has 6 nitrogen and oxygen atoms in total. The van der Waals surface area contributed by atoms with Gasteiger partial charge >= 0.3 is 0 Å². The minimum atomic E-state index is 0.129. The number of benzene rings is 1. The Bertz CT molecular complexity index is 726. The molecule has 1 aromatic heterocycles. The summed E-state index contributed by atoms with van der Waals surface area (Å²) < 4.78 is 5.09. The van der Waals surface area contributed by atoms with Gasteiger partial charge in [-0.3, -0.25) is 4.79 Å². The van der Waals surface area contributed by atoms with Crippen molar-refractivity contribution >= 4 is 11.6 Å². The van der Waals surface area contributed by atoms with Crippen LogP contribution in [0.15, 0.2) is 22.7 Å². The SMILES string of the molecule is Cc1noc(CNc2ccc(C(=O)N3CCCCC3C)cc2C)n1. The first-order valence-corrected chi connectivity index (χ1v) is 8.49. The molecule has 2 heterocycles. The fourth-order valence-electron chi connectivity index (χ4n) is 3.14. The standard InChI is InChI=1S/C18H24N4O2/c1-12-10-15(18(23)22-9-5-4-6-13(22)2)7-8-16(12)19-11-17-20-14(3)21-24-17/h7-8,10,13,19H,4-6,9,11H2,1-3H3. The fraction of sp³-hybridized carbons (Fsp3) is 0.500. The highest BCUT2D eigenvalue weighted by atomic mass is 16.5. The highest BCUT2D eigenvalue weighted by Crippen LogP contribution is 2.22. The van der Waals surface area contributed by atoms with E-state index in [1.807, 2.05) is 30.0 Å². The molecule has 2 aromatic rings. The van der Waals surface area contributed by atoms with Crippen LogP contribution in [-0.4, -0.2) is 33.5 Å². The van der Waals surface area contributed by atoms with Crippen molar-refractivity contribution in [2.75, 3.05) is 11.9 Å². The number of hydrogen-bond acceptors (Lipinski definition) is 5. The molecular formula is C18H24N4O2. The molecule has 3 rings (SSSR count). The zero-order chi connectivity index (χ0) is 17.1. The van der Waals surface area contributed by atoms with Gasteiger partial charge in [-0.2, -0.15) is 4.98 Å². The van der Waals surface area contributed by atoms with Crippen molar-refractivity contribution in [3.05, 3.63) is 41.0 Å². The van der Waals surface area contributed by atoms with Crippen LogP contribution < -0.4 is 5.32 Å². The van der Waals surface area contributed by atoms with Crippen LogP contribution in [0.1, 0.15) is 53.8 Å². The molecule has 0 bridgehead atoms. The van der Waals surface area contributed by atoms with E-state index < -0.39 is 0 Å². The number of nitrogens with zero attached hydrogens (tertiary/aromatic N) is 3. The summed E-state index contributed by atoms with van der Waals surface area (Å²) in [5.74, 6) is 1.30. The van der Waals surface area contributed by atoms with E-state index in [1.165, 1.54) is 6.42 Å². The number of hydrogen-bond donors (Lipinski definition) is 1. The quantitative estimate of drug-likeness (QED) is 0.932. The number of aryl methyl sites for hydroxylation is 2. The second-order valence-corrected chi connectivity index (χ2v) is 6.46. The van der Waals surface area contributed by atoms with Gasteiger partial charge in [0.05, 0.1) is 6.54 Å². The predicted octanol–water partition coefficient (Wildman–Crippen LogP) is 3.31. The number of aromatic nitrogens is 2. The van der Waals surface area contributed by atoms with Crippen LogP contribution in [0.3, 0.4) is 0 Å². The van der Waals surface area contributed by atoms with Gasteiger partial charge in [-0.15, -0.1) is 0 Å². The second-order valence-electron chi connectivity index (χ2n) is 6.46. The summed E-state index contributed by atoms with van der Waals surface area (Å²) in [5, 5.41) is 7.05. The predicted molar refractivity (Wildman–Crippen MR) is 91.9 cm³/mol. The maximum atomic E-state index is 12.7. The molecule has 0 spiro atoms. The lowest BCUT2D eigenvalue weighted by Gasteiger charge is -2.33. The molecule has 0 radical (unpaired) electrons. The van der Waals surface area contributed by atoms with Crippen LogP contribution in [-0.2, 0) is 6.54 Å². The average Bonchev–Trinajstić information content (AvgIpc) is 2.99. The number of rotatable bonds is 4. The van der Waals surface area contributed by atoms with Crippen LogP contribution >= 0.6 is 0 Å². The van der Waals surface area contributed by atoms with E-state index >= 15 is 0 Å². The lowest BCUT2D eigenvalue weighted by Crippen LogP contribution is -2.42. The van der Waals surface area contributed by atoms with Crippen molar-refractivity contribution < 1.29 is 9.32 Å². The molecule has 1 saturated heterocycles. The van der Waals surface area contributed by atoms with Crippen LogP contribution in [0.25, 0.3) is 0 Å².